The lowest BCUT2D eigenvalue weighted by atomic mass is 10.0. The Labute approximate surface area is 77.5 Å². The van der Waals surface area contributed by atoms with Crippen molar-refractivity contribution < 1.29 is 15.0 Å². The highest BCUT2D eigenvalue weighted by Crippen LogP contribution is 2.19. The van der Waals surface area contributed by atoms with Gasteiger partial charge < -0.3 is 15.1 Å². The van der Waals surface area contributed by atoms with Crippen LogP contribution < -0.4 is 0 Å². The number of hydrogen-bond donors (Lipinski definition) is 2. The van der Waals surface area contributed by atoms with Crippen molar-refractivity contribution in [1.82, 2.24) is 4.90 Å². The van der Waals surface area contributed by atoms with E-state index in [0.717, 1.165) is 25.6 Å². The molecule has 2 atom stereocenters. The molecule has 0 saturated carbocycles. The molecule has 74 valence electrons. The maximum atomic E-state index is 10.2. The summed E-state index contributed by atoms with van der Waals surface area (Å²) in [5.41, 5.74) is 0. The Hall–Kier alpha value is -1.03. The number of aliphatic carboxylic acids is 1. The van der Waals surface area contributed by atoms with Crippen LogP contribution in [0.2, 0.25) is 0 Å². The third kappa shape index (κ3) is 3.06. The first kappa shape index (κ1) is 10.1. The molecule has 1 saturated heterocycles. The normalized spacial score (nSPS) is 25.4. The van der Waals surface area contributed by atoms with Gasteiger partial charge in [-0.05, 0) is 13.3 Å². The van der Waals surface area contributed by atoms with Gasteiger partial charge in [-0.1, -0.05) is 0 Å². The molecule has 1 aliphatic heterocycles. The van der Waals surface area contributed by atoms with Gasteiger partial charge in [0.25, 0.3) is 0 Å². The summed E-state index contributed by atoms with van der Waals surface area (Å²) in [6.45, 7) is 3.36. The van der Waals surface area contributed by atoms with Crippen molar-refractivity contribution in [3.63, 3.8) is 0 Å². The number of aliphatic hydroxyl groups excluding tert-OH is 1. The lowest BCUT2D eigenvalue weighted by Crippen LogP contribution is -2.20. The summed E-state index contributed by atoms with van der Waals surface area (Å²) in [7, 11) is 0. The van der Waals surface area contributed by atoms with Crippen LogP contribution in [0.25, 0.3) is 0 Å². The van der Waals surface area contributed by atoms with E-state index in [-0.39, 0.29) is 12.0 Å². The summed E-state index contributed by atoms with van der Waals surface area (Å²) in [6, 6.07) is 0. The van der Waals surface area contributed by atoms with Gasteiger partial charge in [0.1, 0.15) is 0 Å². The Bertz CT molecular complexity index is 213. The molecular weight excluding hydrogens is 170 g/mol. The van der Waals surface area contributed by atoms with Crippen molar-refractivity contribution in [2.45, 2.75) is 19.4 Å². The van der Waals surface area contributed by atoms with Gasteiger partial charge in [0, 0.05) is 31.3 Å². The SMILES string of the molecule is CC(O)C1CCN(/C=C/C(=O)O)C1. The molecule has 0 aromatic rings. The molecule has 0 bridgehead atoms. The van der Waals surface area contributed by atoms with Crippen molar-refractivity contribution >= 4 is 5.97 Å². The zero-order chi connectivity index (χ0) is 9.84. The van der Waals surface area contributed by atoms with Crippen LogP contribution in [0.15, 0.2) is 12.3 Å². The van der Waals surface area contributed by atoms with Crippen molar-refractivity contribution in [1.29, 1.82) is 0 Å². The fraction of sp³-hybridized carbons (Fsp3) is 0.667. The first-order valence-corrected chi connectivity index (χ1v) is 4.43. The van der Waals surface area contributed by atoms with E-state index in [1.807, 2.05) is 4.90 Å². The number of likely N-dealkylation sites (tertiary alicyclic amines) is 1. The first-order valence-electron chi connectivity index (χ1n) is 4.43. The van der Waals surface area contributed by atoms with Gasteiger partial charge in [-0.15, -0.1) is 0 Å². The minimum atomic E-state index is -0.930. The molecule has 1 heterocycles. The topological polar surface area (TPSA) is 60.8 Å². The quantitative estimate of drug-likeness (QED) is 0.620. The second-order valence-electron chi connectivity index (χ2n) is 3.44. The molecule has 2 unspecified atom stereocenters. The van der Waals surface area contributed by atoms with Crippen LogP contribution in [0, 0.1) is 5.92 Å². The van der Waals surface area contributed by atoms with Gasteiger partial charge >= 0.3 is 5.97 Å². The van der Waals surface area contributed by atoms with Crippen LogP contribution in [0.3, 0.4) is 0 Å². The molecule has 0 aromatic heterocycles. The van der Waals surface area contributed by atoms with Gasteiger partial charge in [0.2, 0.25) is 0 Å². The summed E-state index contributed by atoms with van der Waals surface area (Å²) in [6.07, 6.45) is 3.33. The minimum absolute atomic E-state index is 0.276. The zero-order valence-corrected chi connectivity index (χ0v) is 7.68. The maximum Gasteiger partial charge on any atom is 0.329 e. The highest BCUT2D eigenvalue weighted by molar-refractivity contribution is 5.79. The Morgan fingerprint density at radius 1 is 1.69 bits per heavy atom. The van der Waals surface area contributed by atoms with E-state index in [1.165, 1.54) is 0 Å². The van der Waals surface area contributed by atoms with Crippen LogP contribution in [-0.4, -0.2) is 40.3 Å². The van der Waals surface area contributed by atoms with E-state index in [1.54, 1.807) is 13.1 Å². The molecule has 0 aliphatic carbocycles. The number of hydrogen-bond acceptors (Lipinski definition) is 3. The molecule has 0 radical (unpaired) electrons. The predicted molar refractivity (Wildman–Crippen MR) is 48.1 cm³/mol. The van der Waals surface area contributed by atoms with Gasteiger partial charge in [-0.25, -0.2) is 4.79 Å². The summed E-state index contributed by atoms with van der Waals surface area (Å²) in [5.74, 6) is -0.654. The smallest absolute Gasteiger partial charge is 0.329 e. The summed E-state index contributed by atoms with van der Waals surface area (Å²) < 4.78 is 0. The summed E-state index contributed by atoms with van der Waals surface area (Å²) in [5, 5.41) is 17.7. The first-order chi connectivity index (χ1) is 6.09. The monoisotopic (exact) mass is 185 g/mol. The van der Waals surface area contributed by atoms with Crippen LogP contribution in [-0.2, 0) is 4.79 Å². The summed E-state index contributed by atoms with van der Waals surface area (Å²) >= 11 is 0. The second-order valence-corrected chi connectivity index (χ2v) is 3.44. The average Bonchev–Trinajstić information content (AvgIpc) is 2.48. The van der Waals surface area contributed by atoms with E-state index < -0.39 is 5.97 Å². The fourth-order valence-electron chi connectivity index (χ4n) is 1.51. The Morgan fingerprint density at radius 3 is 2.85 bits per heavy atom. The molecule has 1 rings (SSSR count). The zero-order valence-electron chi connectivity index (χ0n) is 7.68. The average molecular weight is 185 g/mol. The highest BCUT2D eigenvalue weighted by Gasteiger charge is 2.23. The van der Waals surface area contributed by atoms with Gasteiger partial charge in [-0.2, -0.15) is 0 Å². The van der Waals surface area contributed by atoms with Crippen LogP contribution in [0.1, 0.15) is 13.3 Å². The number of carboxylic acids is 1. The van der Waals surface area contributed by atoms with E-state index >= 15 is 0 Å². The molecule has 2 N–H and O–H groups in total. The summed E-state index contributed by atoms with van der Waals surface area (Å²) in [4.78, 5) is 12.1. The Kier molecular flexibility index (Phi) is 3.31. The minimum Gasteiger partial charge on any atom is -0.478 e. The third-order valence-corrected chi connectivity index (χ3v) is 2.37. The maximum absolute atomic E-state index is 10.2. The Balaban J connectivity index is 2.37. The number of carboxylic acid groups (broad SMARTS) is 1. The van der Waals surface area contributed by atoms with E-state index in [9.17, 15) is 9.90 Å². The molecule has 0 aromatic carbocycles. The van der Waals surface area contributed by atoms with Crippen molar-refractivity contribution in [2.24, 2.45) is 5.92 Å². The highest BCUT2D eigenvalue weighted by atomic mass is 16.4. The lowest BCUT2D eigenvalue weighted by Gasteiger charge is -2.14. The van der Waals surface area contributed by atoms with E-state index in [2.05, 4.69) is 0 Å². The number of carbonyl (C=O) groups is 1. The Morgan fingerprint density at radius 2 is 2.38 bits per heavy atom. The van der Waals surface area contributed by atoms with E-state index in [0.29, 0.717) is 0 Å². The molecule has 1 fully saturated rings. The largest absolute Gasteiger partial charge is 0.478 e. The second kappa shape index (κ2) is 4.28. The number of aliphatic hydroxyl groups is 1. The molecule has 0 amide bonds. The fourth-order valence-corrected chi connectivity index (χ4v) is 1.51. The molecule has 0 spiro atoms. The van der Waals surface area contributed by atoms with Crippen molar-refractivity contribution in [3.05, 3.63) is 12.3 Å². The molecule has 4 nitrogen and oxygen atoms in total. The van der Waals surface area contributed by atoms with Crippen molar-refractivity contribution in [2.75, 3.05) is 13.1 Å². The lowest BCUT2D eigenvalue weighted by molar-refractivity contribution is -0.131. The number of rotatable bonds is 3. The third-order valence-electron chi connectivity index (χ3n) is 2.37. The predicted octanol–water partition coefficient (Wildman–Crippen LogP) is 0.287. The standard InChI is InChI=1S/C9H15NO3/c1-7(11)8-2-4-10(6-8)5-3-9(12)13/h3,5,7-8,11H,2,4,6H2,1H3,(H,12,13)/b5-3+. The number of nitrogens with zero attached hydrogens (tertiary/aromatic N) is 1. The van der Waals surface area contributed by atoms with Crippen molar-refractivity contribution in [3.8, 4) is 0 Å². The molecule has 1 aliphatic rings. The van der Waals surface area contributed by atoms with Gasteiger partial charge in [0.05, 0.1) is 6.10 Å². The van der Waals surface area contributed by atoms with Crippen LogP contribution in [0.4, 0.5) is 0 Å². The molecule has 13 heavy (non-hydrogen) atoms. The van der Waals surface area contributed by atoms with Gasteiger partial charge in [-0.3, -0.25) is 0 Å². The molecular formula is C9H15NO3. The van der Waals surface area contributed by atoms with Crippen LogP contribution in [0.5, 0.6) is 0 Å². The van der Waals surface area contributed by atoms with Crippen LogP contribution >= 0.6 is 0 Å². The van der Waals surface area contributed by atoms with E-state index in [4.69, 9.17) is 5.11 Å². The van der Waals surface area contributed by atoms with Gasteiger partial charge in [0.15, 0.2) is 0 Å². The molecule has 4 heteroatoms.